The van der Waals surface area contributed by atoms with Crippen LogP contribution in [0.3, 0.4) is 0 Å². The van der Waals surface area contributed by atoms with Crippen LogP contribution in [0.25, 0.3) is 0 Å². The lowest BCUT2D eigenvalue weighted by molar-refractivity contribution is 0.0698. The summed E-state index contributed by atoms with van der Waals surface area (Å²) in [6, 6.07) is 6.06. The van der Waals surface area contributed by atoms with Gasteiger partial charge in [-0.25, -0.2) is 9.59 Å². The van der Waals surface area contributed by atoms with E-state index in [1.165, 1.54) is 12.3 Å². The maximum Gasteiger partial charge on any atom is 0.337 e. The molecule has 6 nitrogen and oxygen atoms in total. The number of nitrogens with one attached hydrogen (secondary N) is 2. The molecule has 3 N–H and O–H groups in total. The predicted molar refractivity (Wildman–Crippen MR) is 79.8 cm³/mol. The van der Waals surface area contributed by atoms with Crippen molar-refractivity contribution in [2.45, 2.75) is 13.8 Å². The average molecular weight is 285 g/mol. The molecule has 0 saturated carbocycles. The molecule has 0 unspecified atom stereocenters. The maximum atomic E-state index is 12.0. The number of amides is 2. The Hall–Kier alpha value is -2.89. The smallest absolute Gasteiger partial charge is 0.337 e. The molecule has 0 spiro atoms. The zero-order chi connectivity index (χ0) is 15.4. The fourth-order valence-electron chi connectivity index (χ4n) is 1.91. The Morgan fingerprint density at radius 2 is 1.90 bits per heavy atom. The fourth-order valence-corrected chi connectivity index (χ4v) is 1.91. The Labute approximate surface area is 121 Å². The zero-order valence-electron chi connectivity index (χ0n) is 11.7. The third kappa shape index (κ3) is 3.56. The van der Waals surface area contributed by atoms with Gasteiger partial charge in [-0.3, -0.25) is 4.98 Å². The number of pyridine rings is 1. The van der Waals surface area contributed by atoms with Crippen molar-refractivity contribution in [3.63, 3.8) is 0 Å². The van der Waals surface area contributed by atoms with Crippen molar-refractivity contribution in [3.05, 3.63) is 53.3 Å². The largest absolute Gasteiger partial charge is 0.478 e. The molecule has 2 rings (SSSR count). The van der Waals surface area contributed by atoms with Gasteiger partial charge < -0.3 is 15.7 Å². The molecule has 0 aliphatic rings. The van der Waals surface area contributed by atoms with E-state index < -0.39 is 12.0 Å². The second-order valence-corrected chi connectivity index (χ2v) is 4.63. The monoisotopic (exact) mass is 285 g/mol. The highest BCUT2D eigenvalue weighted by Gasteiger charge is 2.14. The number of anilines is 2. The first-order valence-corrected chi connectivity index (χ1v) is 6.30. The molecule has 108 valence electrons. The lowest BCUT2D eigenvalue weighted by Crippen LogP contribution is -2.21. The second kappa shape index (κ2) is 6.04. The van der Waals surface area contributed by atoms with Crippen molar-refractivity contribution >= 4 is 23.4 Å². The molecule has 6 heteroatoms. The van der Waals surface area contributed by atoms with Gasteiger partial charge in [0.15, 0.2) is 0 Å². The van der Waals surface area contributed by atoms with Crippen LogP contribution in [-0.2, 0) is 0 Å². The number of urea groups is 1. The first-order chi connectivity index (χ1) is 9.97. The summed E-state index contributed by atoms with van der Waals surface area (Å²) in [5.41, 5.74) is 2.45. The molecule has 2 amide bonds. The molecular weight excluding hydrogens is 270 g/mol. The normalized spacial score (nSPS) is 10.0. The van der Waals surface area contributed by atoms with E-state index in [2.05, 4.69) is 15.6 Å². The fraction of sp³-hybridized carbons (Fsp3) is 0.133. The summed E-state index contributed by atoms with van der Waals surface area (Å²) in [6.45, 7) is 3.59. The third-order valence-corrected chi connectivity index (χ3v) is 2.87. The summed E-state index contributed by atoms with van der Waals surface area (Å²) in [7, 11) is 0. The van der Waals surface area contributed by atoms with Gasteiger partial charge in [0, 0.05) is 6.20 Å². The molecule has 2 aromatic rings. The summed E-state index contributed by atoms with van der Waals surface area (Å²) in [6.07, 6.45) is 3.19. The summed E-state index contributed by atoms with van der Waals surface area (Å²) in [5.74, 6) is -1.09. The summed E-state index contributed by atoms with van der Waals surface area (Å²) in [4.78, 5) is 27.1. The van der Waals surface area contributed by atoms with Crippen molar-refractivity contribution in [2.24, 2.45) is 0 Å². The minimum absolute atomic E-state index is 0.0486. The van der Waals surface area contributed by atoms with E-state index in [4.69, 9.17) is 5.11 Å². The number of para-hydroxylation sites is 1. The number of aryl methyl sites for hydroxylation is 2. The van der Waals surface area contributed by atoms with Crippen molar-refractivity contribution in [2.75, 3.05) is 10.6 Å². The van der Waals surface area contributed by atoms with E-state index in [9.17, 15) is 9.59 Å². The Morgan fingerprint density at radius 1 is 1.14 bits per heavy atom. The minimum atomic E-state index is -1.09. The number of carbonyl (C=O) groups is 2. The van der Waals surface area contributed by atoms with E-state index in [1.54, 1.807) is 31.3 Å². The zero-order valence-corrected chi connectivity index (χ0v) is 11.7. The molecule has 21 heavy (non-hydrogen) atoms. The van der Waals surface area contributed by atoms with Crippen LogP contribution in [0.4, 0.5) is 16.2 Å². The number of benzene rings is 1. The van der Waals surface area contributed by atoms with Gasteiger partial charge in [0.2, 0.25) is 0 Å². The molecule has 0 aliphatic carbocycles. The number of carboxylic acids is 1. The van der Waals surface area contributed by atoms with Gasteiger partial charge in [0.25, 0.3) is 0 Å². The molecule has 0 radical (unpaired) electrons. The van der Waals surface area contributed by atoms with Crippen LogP contribution in [0.5, 0.6) is 0 Å². The molecule has 0 atom stereocenters. The van der Waals surface area contributed by atoms with Crippen molar-refractivity contribution in [1.82, 2.24) is 4.98 Å². The third-order valence-electron chi connectivity index (χ3n) is 2.87. The Kier molecular flexibility index (Phi) is 4.18. The van der Waals surface area contributed by atoms with Crippen molar-refractivity contribution in [1.29, 1.82) is 0 Å². The van der Waals surface area contributed by atoms with E-state index >= 15 is 0 Å². The first kappa shape index (κ1) is 14.5. The number of hydrogen-bond donors (Lipinski definition) is 3. The van der Waals surface area contributed by atoms with Crippen molar-refractivity contribution < 1.29 is 14.7 Å². The molecule has 0 saturated heterocycles. The number of carbonyl (C=O) groups excluding carboxylic acids is 1. The van der Waals surface area contributed by atoms with Gasteiger partial charge >= 0.3 is 12.0 Å². The topological polar surface area (TPSA) is 91.3 Å². The Balaban J connectivity index is 2.18. The van der Waals surface area contributed by atoms with Crippen LogP contribution in [0.2, 0.25) is 0 Å². The molecule has 1 aromatic carbocycles. The number of carboxylic acid groups (broad SMARTS) is 1. The SMILES string of the molecule is Cc1cncc(NC(=O)Nc2c(C)cccc2C(=O)O)c1. The van der Waals surface area contributed by atoms with Crippen LogP contribution in [0.15, 0.2) is 36.7 Å². The van der Waals surface area contributed by atoms with E-state index in [0.717, 1.165) is 5.56 Å². The minimum Gasteiger partial charge on any atom is -0.478 e. The maximum absolute atomic E-state index is 12.0. The number of hydrogen-bond acceptors (Lipinski definition) is 3. The standard InChI is InChI=1S/C15H15N3O3/c1-9-6-11(8-16-7-9)17-15(21)18-13-10(2)4-3-5-12(13)14(19)20/h3-8H,1-2H3,(H,19,20)(H2,17,18,21). The number of nitrogens with zero attached hydrogens (tertiary/aromatic N) is 1. The summed E-state index contributed by atoms with van der Waals surface area (Å²) >= 11 is 0. The summed E-state index contributed by atoms with van der Waals surface area (Å²) < 4.78 is 0. The number of rotatable bonds is 3. The summed E-state index contributed by atoms with van der Waals surface area (Å²) in [5, 5.41) is 14.3. The van der Waals surface area contributed by atoms with Crippen LogP contribution in [0.1, 0.15) is 21.5 Å². The quantitative estimate of drug-likeness (QED) is 0.808. The van der Waals surface area contributed by atoms with E-state index in [-0.39, 0.29) is 11.3 Å². The molecular formula is C15H15N3O3. The van der Waals surface area contributed by atoms with Gasteiger partial charge in [0.1, 0.15) is 0 Å². The predicted octanol–water partition coefficient (Wildman–Crippen LogP) is 3.04. The first-order valence-electron chi connectivity index (χ1n) is 6.30. The highest BCUT2D eigenvalue weighted by molar-refractivity contribution is 6.05. The molecule has 0 bridgehead atoms. The van der Waals surface area contributed by atoms with E-state index in [1.807, 2.05) is 6.92 Å². The van der Waals surface area contributed by atoms with Gasteiger partial charge in [-0.1, -0.05) is 12.1 Å². The molecule has 0 aliphatic heterocycles. The van der Waals surface area contributed by atoms with E-state index in [0.29, 0.717) is 11.3 Å². The Morgan fingerprint density at radius 3 is 2.57 bits per heavy atom. The molecule has 1 aromatic heterocycles. The lowest BCUT2D eigenvalue weighted by atomic mass is 10.1. The number of aromatic nitrogens is 1. The molecule has 0 fully saturated rings. The molecule has 1 heterocycles. The average Bonchev–Trinajstić information content (AvgIpc) is 2.40. The highest BCUT2D eigenvalue weighted by atomic mass is 16.4. The number of aromatic carboxylic acids is 1. The van der Waals surface area contributed by atoms with Crippen LogP contribution >= 0.6 is 0 Å². The van der Waals surface area contributed by atoms with Crippen LogP contribution < -0.4 is 10.6 Å². The van der Waals surface area contributed by atoms with Crippen LogP contribution in [0, 0.1) is 13.8 Å². The van der Waals surface area contributed by atoms with Gasteiger partial charge in [-0.2, -0.15) is 0 Å². The lowest BCUT2D eigenvalue weighted by Gasteiger charge is -2.12. The van der Waals surface area contributed by atoms with Crippen molar-refractivity contribution in [3.8, 4) is 0 Å². The Bertz CT molecular complexity index is 698. The van der Waals surface area contributed by atoms with Gasteiger partial charge in [-0.15, -0.1) is 0 Å². The highest BCUT2D eigenvalue weighted by Crippen LogP contribution is 2.21. The van der Waals surface area contributed by atoms with Crippen LogP contribution in [-0.4, -0.2) is 22.1 Å². The van der Waals surface area contributed by atoms with Gasteiger partial charge in [0.05, 0.1) is 23.1 Å². The van der Waals surface area contributed by atoms with Gasteiger partial charge in [-0.05, 0) is 37.1 Å². The second-order valence-electron chi connectivity index (χ2n) is 4.63.